The molecule has 0 bridgehead atoms. The first-order chi connectivity index (χ1) is 6.91. The highest BCUT2D eigenvalue weighted by Crippen LogP contribution is 2.33. The van der Waals surface area contributed by atoms with Crippen molar-refractivity contribution in [2.24, 2.45) is 11.8 Å². The zero-order valence-electron chi connectivity index (χ0n) is 7.71. The Bertz CT molecular complexity index is 343. The van der Waals surface area contributed by atoms with Gasteiger partial charge in [-0.15, -0.1) is 0 Å². The second kappa shape index (κ2) is 4.12. The number of carboxylic acid groups (broad SMARTS) is 3. The molecule has 1 aliphatic rings. The minimum Gasteiger partial charge on any atom is -0.481 e. The molecule has 0 aromatic rings. The highest BCUT2D eigenvalue weighted by molar-refractivity contribution is 5.89. The predicted octanol–water partition coefficient (Wildman–Crippen LogP) is 0.193. The van der Waals surface area contributed by atoms with E-state index in [1.807, 2.05) is 0 Å². The zero-order valence-corrected chi connectivity index (χ0v) is 7.71. The van der Waals surface area contributed by atoms with E-state index in [0.29, 0.717) is 0 Å². The summed E-state index contributed by atoms with van der Waals surface area (Å²) in [5, 5.41) is 26.0. The average molecular weight is 214 g/mol. The van der Waals surface area contributed by atoms with Crippen molar-refractivity contribution >= 4 is 17.9 Å². The van der Waals surface area contributed by atoms with Gasteiger partial charge in [-0.2, -0.15) is 0 Å². The smallest absolute Gasteiger partial charge is 0.331 e. The second-order valence-corrected chi connectivity index (χ2v) is 3.42. The van der Waals surface area contributed by atoms with Gasteiger partial charge in [-0.3, -0.25) is 9.59 Å². The minimum atomic E-state index is -1.19. The Morgan fingerprint density at radius 2 is 1.87 bits per heavy atom. The van der Waals surface area contributed by atoms with Crippen LogP contribution < -0.4 is 0 Å². The SMILES string of the molecule is O=C(O)C[C@H]1CC(C(=O)O)=C[C@@H]1C(=O)O. The summed E-state index contributed by atoms with van der Waals surface area (Å²) in [5.74, 6) is -5.16. The van der Waals surface area contributed by atoms with Gasteiger partial charge in [0.05, 0.1) is 5.92 Å². The zero-order chi connectivity index (χ0) is 11.6. The number of aliphatic carboxylic acids is 3. The molecule has 0 radical (unpaired) electrons. The molecule has 82 valence electrons. The van der Waals surface area contributed by atoms with Crippen LogP contribution in [0.5, 0.6) is 0 Å². The van der Waals surface area contributed by atoms with Gasteiger partial charge in [0, 0.05) is 12.0 Å². The van der Waals surface area contributed by atoms with E-state index in [9.17, 15) is 14.4 Å². The summed E-state index contributed by atoms with van der Waals surface area (Å²) in [7, 11) is 0. The molecule has 15 heavy (non-hydrogen) atoms. The summed E-state index contributed by atoms with van der Waals surface area (Å²) in [5.41, 5.74) is -0.0198. The highest BCUT2D eigenvalue weighted by Gasteiger charge is 2.36. The van der Waals surface area contributed by atoms with Gasteiger partial charge in [0.2, 0.25) is 0 Å². The summed E-state index contributed by atoms with van der Waals surface area (Å²) >= 11 is 0. The third kappa shape index (κ3) is 2.55. The Morgan fingerprint density at radius 3 is 2.27 bits per heavy atom. The molecule has 0 aromatic heterocycles. The van der Waals surface area contributed by atoms with E-state index in [1.165, 1.54) is 0 Å². The van der Waals surface area contributed by atoms with Crippen LogP contribution in [0.1, 0.15) is 12.8 Å². The standard InChI is InChI=1S/C9H10O6/c10-7(11)3-4-1-5(8(12)13)2-6(4)9(14)15/h2,4,6H,1,3H2,(H,10,11)(H,12,13)(H,14,15)/t4-,6+/m1/s1. The molecular weight excluding hydrogens is 204 g/mol. The summed E-state index contributed by atoms with van der Waals surface area (Å²) in [6, 6.07) is 0. The van der Waals surface area contributed by atoms with Gasteiger partial charge in [-0.05, 0) is 12.3 Å². The molecule has 0 aromatic carbocycles. The summed E-state index contributed by atoms with van der Waals surface area (Å²) in [6.07, 6.45) is 0.793. The molecule has 0 fully saturated rings. The van der Waals surface area contributed by atoms with Crippen molar-refractivity contribution in [1.82, 2.24) is 0 Å². The van der Waals surface area contributed by atoms with Gasteiger partial charge >= 0.3 is 17.9 Å². The van der Waals surface area contributed by atoms with E-state index in [4.69, 9.17) is 15.3 Å². The fraction of sp³-hybridized carbons (Fsp3) is 0.444. The quantitative estimate of drug-likeness (QED) is 0.616. The lowest BCUT2D eigenvalue weighted by Gasteiger charge is -2.12. The van der Waals surface area contributed by atoms with Crippen LogP contribution in [0.3, 0.4) is 0 Å². The van der Waals surface area contributed by atoms with E-state index in [1.54, 1.807) is 0 Å². The van der Waals surface area contributed by atoms with E-state index in [0.717, 1.165) is 6.08 Å². The van der Waals surface area contributed by atoms with Crippen LogP contribution in [-0.4, -0.2) is 33.2 Å². The van der Waals surface area contributed by atoms with Gasteiger partial charge in [-0.1, -0.05) is 6.08 Å². The molecule has 6 heteroatoms. The molecule has 1 aliphatic carbocycles. The highest BCUT2D eigenvalue weighted by atomic mass is 16.4. The van der Waals surface area contributed by atoms with E-state index < -0.39 is 29.7 Å². The number of rotatable bonds is 4. The fourth-order valence-electron chi connectivity index (χ4n) is 1.69. The molecular formula is C9H10O6. The lowest BCUT2D eigenvalue weighted by molar-refractivity contribution is -0.143. The van der Waals surface area contributed by atoms with Gasteiger partial charge in [0.15, 0.2) is 0 Å². The second-order valence-electron chi connectivity index (χ2n) is 3.42. The molecule has 3 N–H and O–H groups in total. The largest absolute Gasteiger partial charge is 0.481 e. The number of carbonyl (C=O) groups is 3. The monoisotopic (exact) mass is 214 g/mol. The maximum atomic E-state index is 10.7. The number of hydrogen-bond donors (Lipinski definition) is 3. The third-order valence-corrected chi connectivity index (χ3v) is 2.37. The third-order valence-electron chi connectivity index (χ3n) is 2.37. The van der Waals surface area contributed by atoms with Crippen molar-refractivity contribution in [3.63, 3.8) is 0 Å². The number of hydrogen-bond acceptors (Lipinski definition) is 3. The summed E-state index contributed by atoms with van der Waals surface area (Å²) in [4.78, 5) is 31.8. The van der Waals surface area contributed by atoms with Crippen LogP contribution in [0.2, 0.25) is 0 Å². The van der Waals surface area contributed by atoms with Gasteiger partial charge in [0.1, 0.15) is 0 Å². The normalized spacial score (nSPS) is 24.7. The van der Waals surface area contributed by atoms with Crippen LogP contribution in [0.15, 0.2) is 11.6 Å². The topological polar surface area (TPSA) is 112 Å². The van der Waals surface area contributed by atoms with E-state index in [-0.39, 0.29) is 18.4 Å². The van der Waals surface area contributed by atoms with E-state index in [2.05, 4.69) is 0 Å². The maximum Gasteiger partial charge on any atom is 0.331 e. The molecule has 0 unspecified atom stereocenters. The molecule has 2 atom stereocenters. The fourth-order valence-corrected chi connectivity index (χ4v) is 1.69. The molecule has 6 nitrogen and oxygen atoms in total. The molecule has 0 amide bonds. The molecule has 0 spiro atoms. The Morgan fingerprint density at radius 1 is 1.27 bits per heavy atom. The van der Waals surface area contributed by atoms with Crippen molar-refractivity contribution in [2.45, 2.75) is 12.8 Å². The lowest BCUT2D eigenvalue weighted by Crippen LogP contribution is -2.20. The summed E-state index contributed by atoms with van der Waals surface area (Å²) < 4.78 is 0. The first-order valence-corrected chi connectivity index (χ1v) is 4.30. The predicted molar refractivity (Wildman–Crippen MR) is 47.2 cm³/mol. The minimum absolute atomic E-state index is 0.00139. The van der Waals surface area contributed by atoms with Crippen LogP contribution in [0.4, 0.5) is 0 Å². The first kappa shape index (κ1) is 11.2. The Labute approximate surface area is 84.8 Å². The van der Waals surface area contributed by atoms with Crippen molar-refractivity contribution in [2.75, 3.05) is 0 Å². The molecule has 0 saturated carbocycles. The van der Waals surface area contributed by atoms with Crippen LogP contribution in [0.25, 0.3) is 0 Å². The van der Waals surface area contributed by atoms with E-state index >= 15 is 0 Å². The Hall–Kier alpha value is -1.85. The first-order valence-electron chi connectivity index (χ1n) is 4.30. The van der Waals surface area contributed by atoms with Crippen molar-refractivity contribution in [1.29, 1.82) is 0 Å². The Kier molecular flexibility index (Phi) is 3.08. The average Bonchev–Trinajstić information content (AvgIpc) is 2.46. The maximum absolute atomic E-state index is 10.7. The molecule has 1 rings (SSSR count). The summed E-state index contributed by atoms with van der Waals surface area (Å²) in [6.45, 7) is 0. The van der Waals surface area contributed by atoms with Gasteiger partial charge < -0.3 is 15.3 Å². The van der Waals surface area contributed by atoms with Crippen LogP contribution in [-0.2, 0) is 14.4 Å². The van der Waals surface area contributed by atoms with Crippen molar-refractivity contribution in [3.05, 3.63) is 11.6 Å². The van der Waals surface area contributed by atoms with Gasteiger partial charge in [0.25, 0.3) is 0 Å². The molecule has 0 saturated heterocycles. The molecule has 0 aliphatic heterocycles. The van der Waals surface area contributed by atoms with Crippen LogP contribution in [0, 0.1) is 11.8 Å². The molecule has 0 heterocycles. The number of carboxylic acids is 3. The van der Waals surface area contributed by atoms with Gasteiger partial charge in [-0.25, -0.2) is 4.79 Å². The van der Waals surface area contributed by atoms with Crippen molar-refractivity contribution in [3.8, 4) is 0 Å². The Balaban J connectivity index is 2.81. The lowest BCUT2D eigenvalue weighted by atomic mass is 9.92. The van der Waals surface area contributed by atoms with Crippen LogP contribution >= 0.6 is 0 Å². The van der Waals surface area contributed by atoms with Crippen molar-refractivity contribution < 1.29 is 29.7 Å².